The van der Waals surface area contributed by atoms with Crippen molar-refractivity contribution in [1.82, 2.24) is 25.1 Å². The molecule has 0 spiro atoms. The van der Waals surface area contributed by atoms with E-state index in [1.165, 1.54) is 31.1 Å². The molecule has 3 aromatic rings. The molecule has 4 bridgehead atoms. The number of anilines is 1. The van der Waals surface area contributed by atoms with Gasteiger partial charge in [0.25, 0.3) is 0 Å². The lowest BCUT2D eigenvalue weighted by molar-refractivity contribution is 0.0517. The zero-order chi connectivity index (χ0) is 32.3. The lowest BCUT2D eigenvalue weighted by Gasteiger charge is -2.41. The number of rotatable bonds is 9. The number of aromatic nitrogens is 2. The Balaban J connectivity index is 1.15. The number of hydrogen-bond acceptors (Lipinski definition) is 8. The van der Waals surface area contributed by atoms with Gasteiger partial charge in [0.15, 0.2) is 5.82 Å². The smallest absolute Gasteiger partial charge is 0.319 e. The third-order valence-corrected chi connectivity index (χ3v) is 11.1. The van der Waals surface area contributed by atoms with Crippen LogP contribution in [0.4, 0.5) is 14.6 Å². The molecule has 2 N–H and O–H groups in total. The lowest BCUT2D eigenvalue weighted by Crippen LogP contribution is -2.54. The molecule has 246 valence electrons. The number of hydrogen-bond donors (Lipinski definition) is 2. The molecule has 5 aliphatic rings. The Hall–Kier alpha value is -3.78. The number of likely N-dealkylation sites (tertiary alicyclic amines) is 1. The number of nitrogens with zero attached hydrogens (tertiary/aromatic N) is 5. The van der Waals surface area contributed by atoms with Crippen LogP contribution < -0.4 is 15.0 Å². The van der Waals surface area contributed by atoms with E-state index in [1.807, 2.05) is 6.07 Å². The molecule has 0 radical (unpaired) electrons. The average Bonchev–Trinajstić information content (AvgIpc) is 3.69. The Labute approximate surface area is 274 Å². The highest BCUT2D eigenvalue weighted by Crippen LogP contribution is 2.49. The first kappa shape index (κ1) is 30.5. The minimum atomic E-state index is -0.860. The van der Waals surface area contributed by atoms with Crippen LogP contribution in [0.25, 0.3) is 28.1 Å². The molecule has 5 fully saturated rings. The van der Waals surface area contributed by atoms with Gasteiger partial charge in [-0.25, -0.2) is 8.78 Å². The van der Waals surface area contributed by atoms with Gasteiger partial charge in [0.2, 0.25) is 0 Å². The average molecular weight is 641 g/mol. The van der Waals surface area contributed by atoms with Crippen molar-refractivity contribution in [2.75, 3.05) is 51.3 Å². The van der Waals surface area contributed by atoms with Crippen molar-refractivity contribution in [3.05, 3.63) is 47.3 Å². The van der Waals surface area contributed by atoms with Crippen molar-refractivity contribution in [2.45, 2.75) is 69.4 Å². The van der Waals surface area contributed by atoms with Gasteiger partial charge in [-0.2, -0.15) is 9.97 Å². The SMILES string of the molecule is C#C/C=C\c1cc(O)cc(-c2ccc3c(N4CC5CCC(C4)N5)nc(OCC4(CN5C6CCC5CN(C)C6)CC4)nc3c2F)c1CF. The Bertz CT molecular complexity index is 1740. The molecule has 1 saturated carbocycles. The maximum absolute atomic E-state index is 16.8. The van der Waals surface area contributed by atoms with E-state index in [0.717, 1.165) is 58.4 Å². The van der Waals surface area contributed by atoms with E-state index >= 15 is 4.39 Å². The maximum atomic E-state index is 16.8. The van der Waals surface area contributed by atoms with Gasteiger partial charge < -0.3 is 25.0 Å². The second-order valence-electron chi connectivity index (χ2n) is 14.5. The van der Waals surface area contributed by atoms with E-state index in [4.69, 9.17) is 16.1 Å². The summed E-state index contributed by atoms with van der Waals surface area (Å²) in [7, 11) is 2.22. The number of likely N-dealkylation sites (N-methyl/N-ethyl adjacent to an activating group) is 1. The summed E-state index contributed by atoms with van der Waals surface area (Å²) in [5.74, 6) is 2.34. The number of piperazine rings is 2. The second-order valence-corrected chi connectivity index (χ2v) is 14.5. The molecule has 8 rings (SSSR count). The van der Waals surface area contributed by atoms with Crippen LogP contribution in [0.2, 0.25) is 0 Å². The highest BCUT2D eigenvalue weighted by Gasteiger charge is 2.50. The molecule has 47 heavy (non-hydrogen) atoms. The maximum Gasteiger partial charge on any atom is 0.319 e. The Morgan fingerprint density at radius 3 is 2.49 bits per heavy atom. The molecule has 4 aliphatic heterocycles. The van der Waals surface area contributed by atoms with Crippen LogP contribution in [0.5, 0.6) is 11.8 Å². The summed E-state index contributed by atoms with van der Waals surface area (Å²) in [6.45, 7) is 4.41. The second kappa shape index (κ2) is 12.0. The summed E-state index contributed by atoms with van der Waals surface area (Å²) in [5.41, 5.74) is 1.23. The highest BCUT2D eigenvalue weighted by atomic mass is 19.1. The molecule has 4 unspecified atom stereocenters. The van der Waals surface area contributed by atoms with Gasteiger partial charge in [0, 0.05) is 73.3 Å². The predicted molar refractivity (Wildman–Crippen MR) is 180 cm³/mol. The number of ether oxygens (including phenoxy) is 1. The van der Waals surface area contributed by atoms with Crippen LogP contribution in [0, 0.1) is 23.6 Å². The van der Waals surface area contributed by atoms with Crippen LogP contribution in [0.3, 0.4) is 0 Å². The standard InChI is InChI=1S/C37H42F2N6O2/c1-3-4-5-23-14-28(46)15-31(32(23)16-38)29-10-11-30-34(33(29)39)41-36(42-35(30)44-17-24-6-7-25(18-44)40-24)47-22-37(12-13-37)21-45-26-8-9-27(45)20-43(2)19-26/h1,4-5,10-11,14-15,24-27,40,46H,6-9,12-13,16-22H2,2H3/b5-4-. The van der Waals surface area contributed by atoms with Gasteiger partial charge in [0.05, 0.1) is 6.61 Å². The topological polar surface area (TPSA) is 77.0 Å². The normalized spacial score (nSPS) is 26.7. The van der Waals surface area contributed by atoms with E-state index in [0.29, 0.717) is 47.5 Å². The van der Waals surface area contributed by atoms with Crippen LogP contribution in [0.15, 0.2) is 30.3 Å². The van der Waals surface area contributed by atoms with E-state index in [-0.39, 0.29) is 39.4 Å². The first-order valence-electron chi connectivity index (χ1n) is 17.0. The lowest BCUT2D eigenvalue weighted by atomic mass is 9.94. The van der Waals surface area contributed by atoms with Crippen molar-refractivity contribution in [3.8, 4) is 35.2 Å². The Morgan fingerprint density at radius 1 is 1.06 bits per heavy atom. The number of nitrogens with one attached hydrogen (secondary N) is 1. The van der Waals surface area contributed by atoms with Gasteiger partial charge in [-0.1, -0.05) is 12.0 Å². The van der Waals surface area contributed by atoms with Crippen LogP contribution in [-0.4, -0.2) is 95.4 Å². The largest absolute Gasteiger partial charge is 0.508 e. The molecule has 10 heteroatoms. The molecule has 0 amide bonds. The molecule has 5 heterocycles. The van der Waals surface area contributed by atoms with Crippen molar-refractivity contribution in [1.29, 1.82) is 0 Å². The van der Waals surface area contributed by atoms with E-state index in [9.17, 15) is 9.50 Å². The fourth-order valence-electron chi connectivity index (χ4n) is 8.55. The third kappa shape index (κ3) is 5.73. The molecule has 4 saturated heterocycles. The van der Waals surface area contributed by atoms with Crippen LogP contribution in [0.1, 0.15) is 49.7 Å². The van der Waals surface area contributed by atoms with E-state index < -0.39 is 12.5 Å². The van der Waals surface area contributed by atoms with Crippen molar-refractivity contribution >= 4 is 22.8 Å². The Kier molecular flexibility index (Phi) is 7.82. The van der Waals surface area contributed by atoms with Crippen molar-refractivity contribution in [2.24, 2.45) is 5.41 Å². The zero-order valence-corrected chi connectivity index (χ0v) is 26.9. The van der Waals surface area contributed by atoms with E-state index in [1.54, 1.807) is 12.1 Å². The number of benzene rings is 2. The van der Waals surface area contributed by atoms with Gasteiger partial charge in [-0.05, 0) is 92.6 Å². The van der Waals surface area contributed by atoms with Crippen LogP contribution >= 0.6 is 0 Å². The van der Waals surface area contributed by atoms with Crippen molar-refractivity contribution < 1.29 is 18.6 Å². The minimum Gasteiger partial charge on any atom is -0.508 e. The summed E-state index contributed by atoms with van der Waals surface area (Å²) in [4.78, 5) is 17.0. The monoisotopic (exact) mass is 640 g/mol. The Morgan fingerprint density at radius 2 is 1.81 bits per heavy atom. The number of halogens is 2. The fourth-order valence-corrected chi connectivity index (χ4v) is 8.55. The van der Waals surface area contributed by atoms with Gasteiger partial charge >= 0.3 is 6.01 Å². The molecule has 8 nitrogen and oxygen atoms in total. The number of phenols is 1. The zero-order valence-electron chi connectivity index (χ0n) is 26.9. The van der Waals surface area contributed by atoms with Gasteiger partial charge in [-0.3, -0.25) is 4.90 Å². The fraction of sp³-hybridized carbons (Fsp3) is 0.514. The number of fused-ring (bicyclic) bond motifs is 5. The summed E-state index contributed by atoms with van der Waals surface area (Å²) in [6, 6.07) is 8.35. The summed E-state index contributed by atoms with van der Waals surface area (Å²) in [5, 5.41) is 14.8. The number of terminal acetylenes is 1. The molecule has 1 aliphatic carbocycles. The first-order valence-corrected chi connectivity index (χ1v) is 17.0. The first-order chi connectivity index (χ1) is 22.8. The number of phenolic OH excluding ortho intramolecular Hbond substituents is 1. The summed E-state index contributed by atoms with van der Waals surface area (Å²) < 4.78 is 37.7. The third-order valence-electron chi connectivity index (χ3n) is 11.1. The van der Waals surface area contributed by atoms with Gasteiger partial charge in [0.1, 0.15) is 23.8 Å². The minimum absolute atomic E-state index is 0.0592. The van der Waals surface area contributed by atoms with Crippen LogP contribution in [-0.2, 0) is 6.67 Å². The number of alkyl halides is 1. The van der Waals surface area contributed by atoms with E-state index in [2.05, 4.69) is 38.0 Å². The molecule has 1 aromatic heterocycles. The number of allylic oxidation sites excluding steroid dienone is 1. The summed E-state index contributed by atoms with van der Waals surface area (Å²) >= 11 is 0. The molecule has 2 aromatic carbocycles. The number of aromatic hydroxyl groups is 1. The quantitative estimate of drug-likeness (QED) is 0.312. The highest BCUT2D eigenvalue weighted by molar-refractivity contribution is 5.94. The summed E-state index contributed by atoms with van der Waals surface area (Å²) in [6.07, 6.45) is 15.3. The molecular formula is C37H42F2N6O2. The molecular weight excluding hydrogens is 598 g/mol. The van der Waals surface area contributed by atoms with Gasteiger partial charge in [-0.15, -0.1) is 6.42 Å². The van der Waals surface area contributed by atoms with Crippen molar-refractivity contribution in [3.63, 3.8) is 0 Å². The predicted octanol–water partition coefficient (Wildman–Crippen LogP) is 5.14. The molecule has 4 atom stereocenters.